The second-order valence-corrected chi connectivity index (χ2v) is 6.18. The van der Waals surface area contributed by atoms with Crippen LogP contribution in [0.25, 0.3) is 0 Å². The maximum atomic E-state index is 4.48. The second-order valence-electron chi connectivity index (χ2n) is 5.12. The van der Waals surface area contributed by atoms with Crippen molar-refractivity contribution in [3.05, 3.63) is 16.1 Å². The summed E-state index contributed by atoms with van der Waals surface area (Å²) in [7, 11) is 3.89. The summed E-state index contributed by atoms with van der Waals surface area (Å²) in [5.41, 5.74) is 1.11. The summed E-state index contributed by atoms with van der Waals surface area (Å²) in [6.07, 6.45) is 1.35. The van der Waals surface area contributed by atoms with Crippen molar-refractivity contribution < 1.29 is 0 Å². The number of guanidine groups is 1. The molecule has 0 saturated heterocycles. The first-order chi connectivity index (χ1) is 8.60. The lowest BCUT2D eigenvalue weighted by Crippen LogP contribution is -2.39. The molecule has 1 aliphatic rings. The van der Waals surface area contributed by atoms with E-state index in [-0.39, 0.29) is 0 Å². The Morgan fingerprint density at radius 1 is 1.67 bits per heavy atom. The van der Waals surface area contributed by atoms with Gasteiger partial charge in [-0.3, -0.25) is 4.99 Å². The van der Waals surface area contributed by atoms with Crippen molar-refractivity contribution in [1.82, 2.24) is 15.2 Å². The highest BCUT2D eigenvalue weighted by Gasteiger charge is 2.32. The highest BCUT2D eigenvalue weighted by Crippen LogP contribution is 2.36. The Morgan fingerprint density at radius 2 is 2.39 bits per heavy atom. The average molecular weight is 266 g/mol. The Morgan fingerprint density at radius 3 is 2.89 bits per heavy atom. The van der Waals surface area contributed by atoms with Crippen molar-refractivity contribution in [1.29, 1.82) is 0 Å². The molecule has 0 amide bonds. The first kappa shape index (κ1) is 13.3. The van der Waals surface area contributed by atoms with E-state index in [9.17, 15) is 0 Å². The third-order valence-electron chi connectivity index (χ3n) is 3.44. The largest absolute Gasteiger partial charge is 0.356 e. The molecule has 0 aromatic carbocycles. The molecule has 2 unspecified atom stereocenters. The Hall–Kier alpha value is -1.10. The first-order valence-electron chi connectivity index (χ1n) is 6.43. The van der Waals surface area contributed by atoms with Gasteiger partial charge in [-0.25, -0.2) is 4.98 Å². The fraction of sp³-hybridized carbons (Fsp3) is 0.692. The quantitative estimate of drug-likeness (QED) is 0.670. The molecular formula is C13H22N4S. The van der Waals surface area contributed by atoms with Crippen molar-refractivity contribution in [2.75, 3.05) is 20.6 Å². The fourth-order valence-electron chi connectivity index (χ4n) is 2.09. The van der Waals surface area contributed by atoms with E-state index in [1.807, 2.05) is 14.0 Å². The summed E-state index contributed by atoms with van der Waals surface area (Å²) in [5.74, 6) is 2.67. The van der Waals surface area contributed by atoms with Crippen LogP contribution < -0.4 is 5.32 Å². The number of aromatic nitrogens is 1. The lowest BCUT2D eigenvalue weighted by atomic mass is 10.3. The van der Waals surface area contributed by atoms with E-state index in [1.54, 1.807) is 11.3 Å². The lowest BCUT2D eigenvalue weighted by Gasteiger charge is -2.21. The van der Waals surface area contributed by atoms with Crippen molar-refractivity contribution >= 4 is 17.3 Å². The number of aryl methyl sites for hydroxylation is 1. The number of aliphatic imine (C=N–C) groups is 1. The molecule has 1 heterocycles. The van der Waals surface area contributed by atoms with Crippen LogP contribution in [0.3, 0.4) is 0 Å². The summed E-state index contributed by atoms with van der Waals surface area (Å²) in [6, 6.07) is 0. The molecule has 2 atom stereocenters. The smallest absolute Gasteiger partial charge is 0.193 e. The van der Waals surface area contributed by atoms with Gasteiger partial charge in [-0.2, -0.15) is 0 Å². The predicted octanol–water partition coefficient (Wildman–Crippen LogP) is 2.11. The molecule has 0 aliphatic heterocycles. The molecule has 18 heavy (non-hydrogen) atoms. The minimum Gasteiger partial charge on any atom is -0.356 e. The molecule has 100 valence electrons. The molecule has 1 aromatic rings. The topological polar surface area (TPSA) is 40.5 Å². The second kappa shape index (κ2) is 5.69. The van der Waals surface area contributed by atoms with E-state index in [0.29, 0.717) is 0 Å². The zero-order chi connectivity index (χ0) is 13.1. The van der Waals surface area contributed by atoms with E-state index in [0.717, 1.165) is 41.6 Å². The maximum absolute atomic E-state index is 4.48. The molecule has 0 bridgehead atoms. The van der Waals surface area contributed by atoms with E-state index in [2.05, 4.69) is 39.5 Å². The maximum Gasteiger partial charge on any atom is 0.193 e. The van der Waals surface area contributed by atoms with Crippen molar-refractivity contribution in [3.63, 3.8) is 0 Å². The number of hydrogen-bond donors (Lipinski definition) is 1. The normalized spacial score (nSPS) is 23.0. The Balaban J connectivity index is 1.83. The number of rotatable bonds is 4. The van der Waals surface area contributed by atoms with Gasteiger partial charge in [0.25, 0.3) is 0 Å². The van der Waals surface area contributed by atoms with Crippen LogP contribution in [-0.2, 0) is 6.54 Å². The third-order valence-corrected chi connectivity index (χ3v) is 4.26. The van der Waals surface area contributed by atoms with Crippen LogP contribution in [0.1, 0.15) is 24.0 Å². The number of nitrogens with one attached hydrogen (secondary N) is 1. The van der Waals surface area contributed by atoms with Crippen LogP contribution in [0.4, 0.5) is 0 Å². The van der Waals surface area contributed by atoms with Crippen molar-refractivity contribution in [2.45, 2.75) is 26.8 Å². The molecular weight excluding hydrogens is 244 g/mol. The van der Waals surface area contributed by atoms with E-state index < -0.39 is 0 Å². The first-order valence-corrected chi connectivity index (χ1v) is 7.31. The number of nitrogens with zero attached hydrogens (tertiary/aromatic N) is 3. The van der Waals surface area contributed by atoms with Gasteiger partial charge in [0, 0.05) is 26.0 Å². The number of hydrogen-bond acceptors (Lipinski definition) is 3. The molecule has 4 nitrogen and oxygen atoms in total. The zero-order valence-corrected chi connectivity index (χ0v) is 12.4. The molecule has 0 radical (unpaired) electrons. The molecule has 5 heteroatoms. The minimum atomic E-state index is 0.810. The zero-order valence-electron chi connectivity index (χ0n) is 11.6. The van der Waals surface area contributed by atoms with Crippen LogP contribution in [0.2, 0.25) is 0 Å². The lowest BCUT2D eigenvalue weighted by molar-refractivity contribution is 0.467. The van der Waals surface area contributed by atoms with Gasteiger partial charge in [0.2, 0.25) is 0 Å². The third kappa shape index (κ3) is 3.45. The van der Waals surface area contributed by atoms with Gasteiger partial charge >= 0.3 is 0 Å². The molecule has 1 fully saturated rings. The highest BCUT2D eigenvalue weighted by molar-refractivity contribution is 7.09. The van der Waals surface area contributed by atoms with Gasteiger partial charge in [0.1, 0.15) is 0 Å². The fourth-order valence-corrected chi connectivity index (χ4v) is 2.69. The predicted molar refractivity (Wildman–Crippen MR) is 77.0 cm³/mol. The Kier molecular flexibility index (Phi) is 4.22. The highest BCUT2D eigenvalue weighted by atomic mass is 32.1. The minimum absolute atomic E-state index is 0.810. The number of thiazole rings is 1. The summed E-state index contributed by atoms with van der Waals surface area (Å²) in [6.45, 7) is 6.19. The summed E-state index contributed by atoms with van der Waals surface area (Å²) in [4.78, 5) is 10.9. The molecule has 0 spiro atoms. The molecule has 2 rings (SSSR count). The van der Waals surface area contributed by atoms with Gasteiger partial charge < -0.3 is 10.2 Å². The van der Waals surface area contributed by atoms with Crippen LogP contribution >= 0.6 is 11.3 Å². The standard InChI is InChI=1S/C13H22N4S/c1-9-5-11(9)6-15-13(14-3)17(4)7-12-8-18-10(2)16-12/h8-9,11H,5-7H2,1-4H3,(H,14,15). The SMILES string of the molecule is CN=C(NCC1CC1C)N(C)Cc1csc(C)n1. The Bertz CT molecular complexity index is 426. The van der Waals surface area contributed by atoms with E-state index in [1.165, 1.54) is 6.42 Å². The van der Waals surface area contributed by atoms with Gasteiger partial charge in [0.05, 0.1) is 17.2 Å². The van der Waals surface area contributed by atoms with Gasteiger partial charge in [-0.15, -0.1) is 11.3 Å². The van der Waals surface area contributed by atoms with Crippen LogP contribution in [-0.4, -0.2) is 36.5 Å². The molecule has 1 N–H and O–H groups in total. The van der Waals surface area contributed by atoms with Gasteiger partial charge in [-0.1, -0.05) is 6.92 Å². The monoisotopic (exact) mass is 266 g/mol. The summed E-state index contributed by atoms with van der Waals surface area (Å²) >= 11 is 1.70. The van der Waals surface area contributed by atoms with Crippen LogP contribution in [0.15, 0.2) is 10.4 Å². The Labute approximate surface area is 113 Å². The summed E-state index contributed by atoms with van der Waals surface area (Å²) < 4.78 is 0. The average Bonchev–Trinajstić information content (AvgIpc) is 2.87. The van der Waals surface area contributed by atoms with Gasteiger partial charge in [0.15, 0.2) is 5.96 Å². The van der Waals surface area contributed by atoms with Crippen molar-refractivity contribution in [3.8, 4) is 0 Å². The molecule has 1 aliphatic carbocycles. The molecule has 1 saturated carbocycles. The van der Waals surface area contributed by atoms with Crippen LogP contribution in [0, 0.1) is 18.8 Å². The summed E-state index contributed by atoms with van der Waals surface area (Å²) in [5, 5.41) is 6.67. The molecule has 1 aromatic heterocycles. The van der Waals surface area contributed by atoms with Crippen LogP contribution in [0.5, 0.6) is 0 Å². The van der Waals surface area contributed by atoms with Gasteiger partial charge in [-0.05, 0) is 25.2 Å². The van der Waals surface area contributed by atoms with E-state index in [4.69, 9.17) is 0 Å². The van der Waals surface area contributed by atoms with E-state index >= 15 is 0 Å². The van der Waals surface area contributed by atoms with Crippen molar-refractivity contribution in [2.24, 2.45) is 16.8 Å².